The van der Waals surface area contributed by atoms with E-state index in [4.69, 9.17) is 5.73 Å². The van der Waals surface area contributed by atoms with Crippen molar-refractivity contribution >= 4 is 5.97 Å². The van der Waals surface area contributed by atoms with Gasteiger partial charge >= 0.3 is 12.1 Å². The molecule has 1 heterocycles. The molecule has 0 aromatic carbocycles. The summed E-state index contributed by atoms with van der Waals surface area (Å²) in [5, 5.41) is 0. The van der Waals surface area contributed by atoms with E-state index in [9.17, 15) is 26.7 Å². The van der Waals surface area contributed by atoms with Crippen molar-refractivity contribution in [2.24, 2.45) is 5.73 Å². The number of carbonyl (C=O) groups excluding carboxylic acids is 1. The number of alkyl halides is 5. The number of ether oxygens (including phenoxy) is 1. The van der Waals surface area contributed by atoms with Crippen LogP contribution in [0.15, 0.2) is 6.20 Å². The standard InChI is InChI=1S/C12H13F5N2O2/c1-2-21-9(20)3-6-7(4-18)10(12(15,16)17)19-5-8(6)11(13)14/h5,11H,2-4,18H2,1H3. The van der Waals surface area contributed by atoms with Gasteiger partial charge in [-0.1, -0.05) is 0 Å². The predicted molar refractivity (Wildman–Crippen MR) is 62.4 cm³/mol. The topological polar surface area (TPSA) is 65.2 Å². The van der Waals surface area contributed by atoms with E-state index >= 15 is 0 Å². The SMILES string of the molecule is CCOC(=O)Cc1c(C(F)F)cnc(C(F)(F)F)c1CN. The van der Waals surface area contributed by atoms with Crippen molar-refractivity contribution in [2.45, 2.75) is 32.5 Å². The van der Waals surface area contributed by atoms with Crippen LogP contribution in [0.1, 0.15) is 35.7 Å². The zero-order chi connectivity index (χ0) is 16.2. The van der Waals surface area contributed by atoms with E-state index < -0.39 is 53.9 Å². The Morgan fingerprint density at radius 1 is 1.38 bits per heavy atom. The normalized spacial score (nSPS) is 11.8. The number of nitrogens with two attached hydrogens (primary N) is 1. The van der Waals surface area contributed by atoms with Crippen LogP contribution >= 0.6 is 0 Å². The molecule has 1 aromatic heterocycles. The molecule has 2 N–H and O–H groups in total. The summed E-state index contributed by atoms with van der Waals surface area (Å²) in [6.45, 7) is 0.804. The molecule has 0 amide bonds. The highest BCUT2D eigenvalue weighted by Crippen LogP contribution is 2.35. The molecule has 9 heteroatoms. The first-order chi connectivity index (χ1) is 9.72. The van der Waals surface area contributed by atoms with E-state index in [1.807, 2.05) is 0 Å². The average Bonchev–Trinajstić information content (AvgIpc) is 2.36. The highest BCUT2D eigenvalue weighted by atomic mass is 19.4. The van der Waals surface area contributed by atoms with Crippen LogP contribution in [-0.4, -0.2) is 17.6 Å². The van der Waals surface area contributed by atoms with E-state index in [2.05, 4.69) is 9.72 Å². The minimum absolute atomic E-state index is 0.0159. The number of carbonyl (C=O) groups is 1. The molecule has 0 radical (unpaired) electrons. The van der Waals surface area contributed by atoms with Crippen molar-refractivity contribution in [1.82, 2.24) is 4.98 Å². The molecule has 1 aromatic rings. The Hall–Kier alpha value is -1.77. The first-order valence-corrected chi connectivity index (χ1v) is 5.94. The fourth-order valence-electron chi connectivity index (χ4n) is 1.82. The zero-order valence-electron chi connectivity index (χ0n) is 11.0. The number of halogens is 5. The molecule has 0 bridgehead atoms. The van der Waals surface area contributed by atoms with E-state index in [-0.39, 0.29) is 6.61 Å². The Labute approximate surface area is 117 Å². The lowest BCUT2D eigenvalue weighted by atomic mass is 9.98. The van der Waals surface area contributed by atoms with Gasteiger partial charge in [-0.2, -0.15) is 13.2 Å². The Kier molecular flexibility index (Phi) is 5.59. The van der Waals surface area contributed by atoms with Crippen LogP contribution in [0.25, 0.3) is 0 Å². The maximum Gasteiger partial charge on any atom is 0.433 e. The summed E-state index contributed by atoms with van der Waals surface area (Å²) in [7, 11) is 0. The Balaban J connectivity index is 3.42. The summed E-state index contributed by atoms with van der Waals surface area (Å²) in [6.07, 6.45) is -8.22. The van der Waals surface area contributed by atoms with Crippen LogP contribution in [0.3, 0.4) is 0 Å². The third-order valence-electron chi connectivity index (χ3n) is 2.67. The van der Waals surface area contributed by atoms with Crippen molar-refractivity contribution in [2.75, 3.05) is 6.61 Å². The van der Waals surface area contributed by atoms with Gasteiger partial charge in [0, 0.05) is 23.9 Å². The van der Waals surface area contributed by atoms with Gasteiger partial charge in [-0.15, -0.1) is 0 Å². The van der Waals surface area contributed by atoms with Crippen molar-refractivity contribution in [1.29, 1.82) is 0 Å². The summed E-state index contributed by atoms with van der Waals surface area (Å²) in [5.41, 5.74) is 2.01. The van der Waals surface area contributed by atoms with E-state index in [1.165, 1.54) is 6.92 Å². The summed E-state index contributed by atoms with van der Waals surface area (Å²) in [4.78, 5) is 14.4. The molecule has 0 unspecified atom stereocenters. The summed E-state index contributed by atoms with van der Waals surface area (Å²) in [5.74, 6) is -0.909. The average molecular weight is 312 g/mol. The Morgan fingerprint density at radius 2 is 2.00 bits per heavy atom. The van der Waals surface area contributed by atoms with E-state index in [0.29, 0.717) is 6.20 Å². The second-order valence-electron chi connectivity index (χ2n) is 4.00. The van der Waals surface area contributed by atoms with E-state index in [1.54, 1.807) is 0 Å². The Morgan fingerprint density at radius 3 is 2.43 bits per heavy atom. The molecule has 0 aliphatic heterocycles. The van der Waals surface area contributed by atoms with Crippen LogP contribution in [0.4, 0.5) is 22.0 Å². The van der Waals surface area contributed by atoms with Crippen molar-refractivity contribution < 1.29 is 31.5 Å². The largest absolute Gasteiger partial charge is 0.466 e. The molecular weight excluding hydrogens is 299 g/mol. The van der Waals surface area contributed by atoms with Gasteiger partial charge in [0.25, 0.3) is 6.43 Å². The first kappa shape index (κ1) is 17.3. The number of nitrogens with zero attached hydrogens (tertiary/aromatic N) is 1. The number of hydrogen-bond acceptors (Lipinski definition) is 4. The fourth-order valence-corrected chi connectivity index (χ4v) is 1.82. The van der Waals surface area contributed by atoms with Crippen molar-refractivity contribution in [3.8, 4) is 0 Å². The molecule has 0 aliphatic rings. The molecule has 0 aliphatic carbocycles. The lowest BCUT2D eigenvalue weighted by molar-refractivity contribution is -0.144. The first-order valence-electron chi connectivity index (χ1n) is 5.94. The Bertz CT molecular complexity index is 517. The third-order valence-corrected chi connectivity index (χ3v) is 2.67. The van der Waals surface area contributed by atoms with Crippen LogP contribution in [0, 0.1) is 0 Å². The highest BCUT2D eigenvalue weighted by Gasteiger charge is 2.37. The minimum Gasteiger partial charge on any atom is -0.466 e. The van der Waals surface area contributed by atoms with Gasteiger partial charge in [0.15, 0.2) is 0 Å². The molecule has 0 saturated carbocycles. The monoisotopic (exact) mass is 312 g/mol. The number of esters is 1. The van der Waals surface area contributed by atoms with Crippen LogP contribution in [0.2, 0.25) is 0 Å². The predicted octanol–water partition coefficient (Wildman–Crippen LogP) is 2.60. The molecule has 0 saturated heterocycles. The smallest absolute Gasteiger partial charge is 0.433 e. The quantitative estimate of drug-likeness (QED) is 0.670. The molecule has 4 nitrogen and oxygen atoms in total. The lowest BCUT2D eigenvalue weighted by Gasteiger charge is -2.17. The van der Waals surface area contributed by atoms with Crippen LogP contribution in [-0.2, 0) is 28.7 Å². The van der Waals surface area contributed by atoms with E-state index in [0.717, 1.165) is 0 Å². The summed E-state index contributed by atoms with van der Waals surface area (Å²) >= 11 is 0. The maximum atomic E-state index is 12.9. The molecule has 0 atom stereocenters. The molecule has 118 valence electrons. The molecule has 0 spiro atoms. The second kappa shape index (κ2) is 6.79. The fraction of sp³-hybridized carbons (Fsp3) is 0.500. The number of hydrogen-bond donors (Lipinski definition) is 1. The molecule has 0 fully saturated rings. The van der Waals surface area contributed by atoms with Crippen LogP contribution < -0.4 is 5.73 Å². The second-order valence-corrected chi connectivity index (χ2v) is 4.00. The van der Waals surface area contributed by atoms with Gasteiger partial charge in [-0.25, -0.2) is 8.78 Å². The van der Waals surface area contributed by atoms with Gasteiger partial charge in [0.2, 0.25) is 0 Å². The summed E-state index contributed by atoms with van der Waals surface area (Å²) in [6, 6.07) is 0. The number of pyridine rings is 1. The summed E-state index contributed by atoms with van der Waals surface area (Å²) < 4.78 is 68.8. The molecule has 21 heavy (non-hydrogen) atoms. The lowest BCUT2D eigenvalue weighted by Crippen LogP contribution is -2.20. The number of rotatable bonds is 5. The van der Waals surface area contributed by atoms with Gasteiger partial charge in [0.1, 0.15) is 5.69 Å². The minimum atomic E-state index is -4.85. The van der Waals surface area contributed by atoms with Crippen molar-refractivity contribution in [3.05, 3.63) is 28.6 Å². The molecule has 1 rings (SSSR count). The third kappa shape index (κ3) is 4.10. The van der Waals surface area contributed by atoms with Crippen molar-refractivity contribution in [3.63, 3.8) is 0 Å². The zero-order valence-corrected chi connectivity index (χ0v) is 11.0. The van der Waals surface area contributed by atoms with Crippen LogP contribution in [0.5, 0.6) is 0 Å². The number of aromatic nitrogens is 1. The molecular formula is C12H13F5N2O2. The maximum absolute atomic E-state index is 12.9. The highest BCUT2D eigenvalue weighted by molar-refractivity contribution is 5.73. The van der Waals surface area contributed by atoms with Gasteiger partial charge in [-0.05, 0) is 12.5 Å². The van der Waals surface area contributed by atoms with Gasteiger partial charge in [-0.3, -0.25) is 9.78 Å². The van der Waals surface area contributed by atoms with Gasteiger partial charge < -0.3 is 10.5 Å². The van der Waals surface area contributed by atoms with Gasteiger partial charge in [0.05, 0.1) is 13.0 Å².